The number of fused-ring (bicyclic) bond motifs is 1. The zero-order valence-electron chi connectivity index (χ0n) is 27.9. The molecule has 4 amide bonds. The second-order valence-electron chi connectivity index (χ2n) is 12.1. The minimum absolute atomic E-state index is 0.00405. The number of esters is 1. The molecule has 3 aromatic carbocycles. The highest BCUT2D eigenvalue weighted by atomic mass is 35.5. The molecule has 0 aliphatic carbocycles. The van der Waals surface area contributed by atoms with Crippen LogP contribution in [0.25, 0.3) is 22.2 Å². The number of aromatic amines is 2. The average molecular weight is 715 g/mol. The highest BCUT2D eigenvalue weighted by molar-refractivity contribution is 6.31. The van der Waals surface area contributed by atoms with Crippen LogP contribution in [0.4, 0.5) is 20.6 Å². The van der Waals surface area contributed by atoms with Crippen LogP contribution in [0.15, 0.2) is 72.8 Å². The summed E-state index contributed by atoms with van der Waals surface area (Å²) in [5, 5.41) is 15.8. The molecule has 0 spiro atoms. The second kappa shape index (κ2) is 15.4. The van der Waals surface area contributed by atoms with Crippen LogP contribution in [-0.4, -0.2) is 94.7 Å². The maximum atomic E-state index is 14.7. The van der Waals surface area contributed by atoms with Crippen molar-refractivity contribution in [2.75, 3.05) is 50.5 Å². The van der Waals surface area contributed by atoms with Crippen molar-refractivity contribution >= 4 is 57.7 Å². The molecule has 0 unspecified atom stereocenters. The predicted molar refractivity (Wildman–Crippen MR) is 191 cm³/mol. The van der Waals surface area contributed by atoms with Gasteiger partial charge in [0.2, 0.25) is 5.91 Å². The molecule has 1 saturated heterocycles. The van der Waals surface area contributed by atoms with Gasteiger partial charge in [-0.05, 0) is 74.1 Å². The van der Waals surface area contributed by atoms with Gasteiger partial charge < -0.3 is 35.5 Å². The number of aromatic nitrogens is 3. The van der Waals surface area contributed by atoms with E-state index < -0.39 is 29.6 Å². The highest BCUT2D eigenvalue weighted by Crippen LogP contribution is 2.27. The summed E-state index contributed by atoms with van der Waals surface area (Å²) < 4.78 is 19.7. The van der Waals surface area contributed by atoms with Crippen molar-refractivity contribution in [2.24, 2.45) is 0 Å². The Balaban J connectivity index is 1.19. The number of amides is 4. The summed E-state index contributed by atoms with van der Waals surface area (Å²) in [6.07, 6.45) is 0.0909. The Kier molecular flexibility index (Phi) is 10.6. The second-order valence-corrected chi connectivity index (χ2v) is 12.5. The number of urea groups is 1. The third kappa shape index (κ3) is 8.36. The van der Waals surface area contributed by atoms with Crippen LogP contribution < -0.4 is 16.0 Å². The van der Waals surface area contributed by atoms with Gasteiger partial charge in [0.1, 0.15) is 17.4 Å². The monoisotopic (exact) mass is 714 g/mol. The molecule has 13 nitrogen and oxygen atoms in total. The van der Waals surface area contributed by atoms with Gasteiger partial charge in [0, 0.05) is 60.4 Å². The van der Waals surface area contributed by atoms with Crippen LogP contribution in [0.2, 0.25) is 5.02 Å². The number of rotatable bonds is 10. The van der Waals surface area contributed by atoms with Gasteiger partial charge in [0.15, 0.2) is 5.82 Å². The van der Waals surface area contributed by atoms with Crippen LogP contribution in [0, 0.1) is 5.82 Å². The molecule has 1 aliphatic rings. The number of piperazine rings is 1. The van der Waals surface area contributed by atoms with E-state index in [1.807, 2.05) is 7.05 Å². The first-order valence-electron chi connectivity index (χ1n) is 16.3. The number of benzene rings is 3. The maximum Gasteiger partial charge on any atom is 0.354 e. The lowest BCUT2D eigenvalue weighted by atomic mass is 10.0. The Morgan fingerprint density at radius 2 is 1.69 bits per heavy atom. The van der Waals surface area contributed by atoms with E-state index in [-0.39, 0.29) is 46.7 Å². The Labute approximate surface area is 297 Å². The molecular weight excluding hydrogens is 679 g/mol. The van der Waals surface area contributed by atoms with Crippen molar-refractivity contribution in [2.45, 2.75) is 19.4 Å². The van der Waals surface area contributed by atoms with Crippen LogP contribution in [-0.2, 0) is 16.0 Å². The molecule has 2 aromatic heterocycles. The summed E-state index contributed by atoms with van der Waals surface area (Å²) in [4.78, 5) is 59.1. The molecule has 1 fully saturated rings. The number of nitrogens with zero attached hydrogens (tertiary/aromatic N) is 3. The fourth-order valence-corrected chi connectivity index (χ4v) is 5.83. The van der Waals surface area contributed by atoms with Gasteiger partial charge in [-0.1, -0.05) is 29.8 Å². The van der Waals surface area contributed by atoms with Crippen LogP contribution in [0.5, 0.6) is 0 Å². The topological polar surface area (TPSA) is 165 Å². The third-order valence-electron chi connectivity index (χ3n) is 8.49. The van der Waals surface area contributed by atoms with Crippen molar-refractivity contribution < 1.29 is 28.3 Å². The average Bonchev–Trinajstić information content (AvgIpc) is 3.78. The summed E-state index contributed by atoms with van der Waals surface area (Å²) in [7, 11) is 2.02. The Hall–Kier alpha value is -5.73. The molecule has 0 radical (unpaired) electrons. The number of anilines is 2. The molecule has 6 rings (SSSR count). The Morgan fingerprint density at radius 1 is 0.941 bits per heavy atom. The lowest BCUT2D eigenvalue weighted by Crippen LogP contribution is -2.48. The Morgan fingerprint density at radius 3 is 2.43 bits per heavy atom. The number of carbonyl (C=O) groups excluding carboxylic acids is 4. The number of carbonyl (C=O) groups is 4. The van der Waals surface area contributed by atoms with Gasteiger partial charge in [-0.3, -0.25) is 14.7 Å². The fraction of sp³-hybridized carbons (Fsp3) is 0.250. The van der Waals surface area contributed by atoms with Gasteiger partial charge in [-0.2, -0.15) is 5.10 Å². The van der Waals surface area contributed by atoms with Gasteiger partial charge in [0.25, 0.3) is 5.91 Å². The van der Waals surface area contributed by atoms with Crippen molar-refractivity contribution in [1.82, 2.24) is 30.3 Å². The van der Waals surface area contributed by atoms with E-state index in [4.69, 9.17) is 16.3 Å². The highest BCUT2D eigenvalue weighted by Gasteiger charge is 2.25. The SMILES string of the molecule is CCOC(=O)c1cc2cc(NC(=O)[C@H](Cc3ccc(NC(=O)N4CCN(C)CC4)cc3)NC(=O)c3cc(-c4cccc(Cl)c4F)n[nH]3)ccc2[nH]1. The number of hydrogen-bond donors (Lipinski definition) is 5. The number of nitrogens with one attached hydrogen (secondary N) is 5. The number of hydrogen-bond acceptors (Lipinski definition) is 7. The molecule has 0 saturated carbocycles. The van der Waals surface area contributed by atoms with E-state index in [1.165, 1.54) is 18.2 Å². The van der Waals surface area contributed by atoms with Gasteiger partial charge >= 0.3 is 12.0 Å². The van der Waals surface area contributed by atoms with Crippen molar-refractivity contribution in [3.63, 3.8) is 0 Å². The molecule has 51 heavy (non-hydrogen) atoms. The molecule has 5 N–H and O–H groups in total. The van der Waals surface area contributed by atoms with E-state index in [0.717, 1.165) is 13.1 Å². The quantitative estimate of drug-likeness (QED) is 0.123. The van der Waals surface area contributed by atoms with Crippen molar-refractivity contribution in [1.29, 1.82) is 0 Å². The lowest BCUT2D eigenvalue weighted by molar-refractivity contribution is -0.118. The normalized spacial score (nSPS) is 13.8. The number of halogens is 2. The first-order valence-corrected chi connectivity index (χ1v) is 16.7. The minimum atomic E-state index is -1.07. The summed E-state index contributed by atoms with van der Waals surface area (Å²) in [5.41, 5.74) is 2.96. The molecule has 3 heterocycles. The van der Waals surface area contributed by atoms with E-state index in [2.05, 4.69) is 36.0 Å². The lowest BCUT2D eigenvalue weighted by Gasteiger charge is -2.32. The van der Waals surface area contributed by atoms with Gasteiger partial charge in [-0.25, -0.2) is 14.0 Å². The number of likely N-dealkylation sites (N-methyl/N-ethyl adjacent to an activating group) is 1. The van der Waals surface area contributed by atoms with E-state index in [9.17, 15) is 23.6 Å². The third-order valence-corrected chi connectivity index (χ3v) is 8.78. The van der Waals surface area contributed by atoms with Gasteiger partial charge in [-0.15, -0.1) is 0 Å². The summed E-state index contributed by atoms with van der Waals surface area (Å²) in [5.74, 6) is -2.33. The minimum Gasteiger partial charge on any atom is -0.461 e. The molecule has 0 bridgehead atoms. The molecule has 1 atom stereocenters. The first kappa shape index (κ1) is 35.1. The molecular formula is C36H36ClFN8O5. The standard InChI is InChI=1S/C36H36ClFN8O5/c1-3-51-35(49)31-19-22-18-24(11-12-27(22)41-31)39-33(47)29(42-34(48)30-20-28(43-44-30)25-5-4-6-26(37)32(25)38)17-21-7-9-23(10-8-21)40-36(50)46-15-13-45(2)14-16-46/h4-12,18-20,29,41H,3,13-17H2,1-2H3,(H,39,47)(H,40,50)(H,42,48)(H,43,44)/t29-/m0/s1. The fourth-order valence-electron chi connectivity index (χ4n) is 5.65. The Bertz CT molecular complexity index is 2070. The maximum absolute atomic E-state index is 14.7. The number of H-pyrrole nitrogens is 2. The van der Waals surface area contributed by atoms with Crippen molar-refractivity contribution in [3.8, 4) is 11.3 Å². The number of ether oxygens (including phenoxy) is 1. The largest absolute Gasteiger partial charge is 0.461 e. The zero-order valence-corrected chi connectivity index (χ0v) is 28.6. The van der Waals surface area contributed by atoms with Crippen LogP contribution >= 0.6 is 11.6 Å². The molecule has 5 aromatic rings. The summed E-state index contributed by atoms with van der Waals surface area (Å²) >= 11 is 5.93. The van der Waals surface area contributed by atoms with Gasteiger partial charge in [0.05, 0.1) is 17.3 Å². The smallest absolute Gasteiger partial charge is 0.354 e. The first-order chi connectivity index (χ1) is 24.6. The van der Waals surface area contributed by atoms with Crippen LogP contribution in [0.1, 0.15) is 33.5 Å². The van der Waals surface area contributed by atoms with E-state index in [1.54, 1.807) is 66.4 Å². The van der Waals surface area contributed by atoms with E-state index in [0.29, 0.717) is 40.9 Å². The molecule has 15 heteroatoms. The van der Waals surface area contributed by atoms with Crippen molar-refractivity contribution in [3.05, 3.63) is 101 Å². The molecule has 1 aliphatic heterocycles. The molecule has 264 valence electrons. The summed E-state index contributed by atoms with van der Waals surface area (Å²) in [6, 6.07) is 18.3. The summed E-state index contributed by atoms with van der Waals surface area (Å²) in [6.45, 7) is 4.81. The zero-order chi connectivity index (χ0) is 36.1. The van der Waals surface area contributed by atoms with E-state index >= 15 is 0 Å². The predicted octanol–water partition coefficient (Wildman–Crippen LogP) is 5.29. The van der Waals surface area contributed by atoms with Crippen LogP contribution in [0.3, 0.4) is 0 Å².